The van der Waals surface area contributed by atoms with Crippen LogP contribution in [0.5, 0.6) is 5.75 Å². The number of halogens is 2. The van der Waals surface area contributed by atoms with Gasteiger partial charge in [0.1, 0.15) is 11.6 Å². The average molecular weight is 596 g/mol. The quantitative estimate of drug-likeness (QED) is 0.219. The number of hydrogen-bond acceptors (Lipinski definition) is 4. The Labute approximate surface area is 251 Å². The fourth-order valence-corrected chi connectivity index (χ4v) is 5.05. The lowest BCUT2D eigenvalue weighted by Crippen LogP contribution is -2.34. The molecule has 4 aromatic rings. The molecule has 0 saturated heterocycles. The molecule has 0 atom stereocenters. The molecule has 2 N–H and O–H groups in total. The van der Waals surface area contributed by atoms with Gasteiger partial charge in [0.25, 0.3) is 5.91 Å². The molecular formula is C32H36Cl2N4O3. The number of amides is 2. The van der Waals surface area contributed by atoms with Crippen molar-refractivity contribution in [3.8, 4) is 5.75 Å². The standard InChI is InChI=1S/C32H36Cl2N4O3/c1-6-41-27-18-26-25(16-23(27)30(39)35-15-14-20-10-8-7-9-11-20)37-28(38(26)5)17-22-24(33)13-12-21(29(22)34)19-36-31(40)32(2,3)4/h7-13,16,18H,6,14-15,17,19H2,1-5H3,(H,35,39)(H,36,40). The maximum absolute atomic E-state index is 13.2. The van der Waals surface area contributed by atoms with Gasteiger partial charge in [-0.15, -0.1) is 0 Å². The summed E-state index contributed by atoms with van der Waals surface area (Å²) in [5.74, 6) is 0.947. The summed E-state index contributed by atoms with van der Waals surface area (Å²) in [5, 5.41) is 6.95. The number of imidazole rings is 1. The lowest BCUT2D eigenvalue weighted by Gasteiger charge is -2.18. The monoisotopic (exact) mass is 594 g/mol. The summed E-state index contributed by atoms with van der Waals surface area (Å²) in [6.45, 7) is 8.69. The third-order valence-corrected chi connectivity index (χ3v) is 7.71. The zero-order chi connectivity index (χ0) is 29.7. The molecule has 4 rings (SSSR count). The molecule has 0 aliphatic carbocycles. The summed E-state index contributed by atoms with van der Waals surface area (Å²) in [4.78, 5) is 30.4. The van der Waals surface area contributed by atoms with Crippen molar-refractivity contribution < 1.29 is 14.3 Å². The minimum absolute atomic E-state index is 0.0644. The minimum atomic E-state index is -0.507. The Hall–Kier alpha value is -3.55. The summed E-state index contributed by atoms with van der Waals surface area (Å²) in [7, 11) is 1.91. The lowest BCUT2D eigenvalue weighted by atomic mass is 9.95. The minimum Gasteiger partial charge on any atom is -0.493 e. The predicted octanol–water partition coefficient (Wildman–Crippen LogP) is 6.50. The number of nitrogens with one attached hydrogen (secondary N) is 2. The molecule has 2 amide bonds. The third-order valence-electron chi connectivity index (χ3n) is 6.88. The Morgan fingerprint density at radius 1 is 1.02 bits per heavy atom. The lowest BCUT2D eigenvalue weighted by molar-refractivity contribution is -0.128. The van der Waals surface area contributed by atoms with E-state index in [-0.39, 0.29) is 11.8 Å². The van der Waals surface area contributed by atoms with Crippen LogP contribution in [0, 0.1) is 5.41 Å². The number of aromatic nitrogens is 2. The van der Waals surface area contributed by atoms with Crippen molar-refractivity contribution in [2.24, 2.45) is 12.5 Å². The van der Waals surface area contributed by atoms with Gasteiger partial charge in [0.15, 0.2) is 0 Å². The van der Waals surface area contributed by atoms with Crippen LogP contribution in [-0.4, -0.2) is 34.5 Å². The summed E-state index contributed by atoms with van der Waals surface area (Å²) in [6, 6.07) is 17.2. The van der Waals surface area contributed by atoms with E-state index in [2.05, 4.69) is 10.6 Å². The number of hydrogen-bond donors (Lipinski definition) is 2. The first-order valence-corrected chi connectivity index (χ1v) is 14.4. The van der Waals surface area contributed by atoms with E-state index in [4.69, 9.17) is 32.9 Å². The normalized spacial score (nSPS) is 11.5. The predicted molar refractivity (Wildman–Crippen MR) is 165 cm³/mol. The van der Waals surface area contributed by atoms with Crippen LogP contribution in [-0.2, 0) is 31.2 Å². The molecule has 3 aromatic carbocycles. The molecule has 1 aromatic heterocycles. The first-order chi connectivity index (χ1) is 19.5. The first-order valence-electron chi connectivity index (χ1n) is 13.7. The van der Waals surface area contributed by atoms with Crippen molar-refractivity contribution in [1.82, 2.24) is 20.2 Å². The highest BCUT2D eigenvalue weighted by Gasteiger charge is 2.22. The third kappa shape index (κ3) is 7.21. The Morgan fingerprint density at radius 2 is 1.76 bits per heavy atom. The number of carbonyl (C=O) groups is 2. The van der Waals surface area contributed by atoms with Crippen LogP contribution in [0.2, 0.25) is 10.0 Å². The van der Waals surface area contributed by atoms with Gasteiger partial charge in [-0.3, -0.25) is 9.59 Å². The molecule has 7 nitrogen and oxygen atoms in total. The summed E-state index contributed by atoms with van der Waals surface area (Å²) >= 11 is 13.4. The largest absolute Gasteiger partial charge is 0.493 e. The van der Waals surface area contributed by atoms with E-state index in [9.17, 15) is 9.59 Å². The van der Waals surface area contributed by atoms with Crippen LogP contribution in [0.4, 0.5) is 0 Å². The van der Waals surface area contributed by atoms with Crippen LogP contribution in [0.15, 0.2) is 54.6 Å². The number of rotatable bonds is 10. The number of fused-ring (bicyclic) bond motifs is 1. The van der Waals surface area contributed by atoms with Crippen molar-refractivity contribution in [3.63, 3.8) is 0 Å². The van der Waals surface area contributed by atoms with Crippen molar-refractivity contribution in [2.75, 3.05) is 13.2 Å². The van der Waals surface area contributed by atoms with Crippen LogP contribution in [0.3, 0.4) is 0 Å². The molecule has 0 bridgehead atoms. The fraction of sp³-hybridized carbons (Fsp3) is 0.344. The van der Waals surface area contributed by atoms with Gasteiger partial charge in [0, 0.05) is 43.1 Å². The van der Waals surface area contributed by atoms with Crippen LogP contribution < -0.4 is 15.4 Å². The Bertz CT molecular complexity index is 1560. The number of aryl methyl sites for hydroxylation is 1. The van der Waals surface area contributed by atoms with Crippen LogP contribution in [0.25, 0.3) is 11.0 Å². The molecule has 0 aliphatic rings. The fourth-order valence-electron chi connectivity index (χ4n) is 4.48. The van der Waals surface area contributed by atoms with Crippen molar-refractivity contribution in [1.29, 1.82) is 0 Å². The maximum atomic E-state index is 13.2. The molecule has 41 heavy (non-hydrogen) atoms. The number of carbonyl (C=O) groups excluding carboxylic acids is 2. The van der Waals surface area contributed by atoms with Crippen molar-refractivity contribution in [3.05, 3.63) is 92.7 Å². The molecule has 9 heteroatoms. The van der Waals surface area contributed by atoms with Gasteiger partial charge in [0.05, 0.1) is 28.2 Å². The molecule has 0 fully saturated rings. The number of benzene rings is 3. The molecule has 0 unspecified atom stereocenters. The second-order valence-corrected chi connectivity index (χ2v) is 11.7. The van der Waals surface area contributed by atoms with E-state index in [0.717, 1.165) is 34.5 Å². The Morgan fingerprint density at radius 3 is 2.44 bits per heavy atom. The Kier molecular flexibility index (Phi) is 9.61. The number of nitrogens with zero attached hydrogens (tertiary/aromatic N) is 2. The van der Waals surface area contributed by atoms with E-state index < -0.39 is 5.41 Å². The molecule has 0 saturated carbocycles. The summed E-state index contributed by atoms with van der Waals surface area (Å²) < 4.78 is 7.81. The van der Waals surface area contributed by atoms with E-state index in [0.29, 0.717) is 53.0 Å². The van der Waals surface area contributed by atoms with E-state index in [1.807, 2.05) is 81.8 Å². The van der Waals surface area contributed by atoms with Gasteiger partial charge in [0.2, 0.25) is 5.91 Å². The van der Waals surface area contributed by atoms with Crippen molar-refractivity contribution >= 4 is 46.0 Å². The molecular weight excluding hydrogens is 559 g/mol. The highest BCUT2D eigenvalue weighted by atomic mass is 35.5. The van der Waals surface area contributed by atoms with Gasteiger partial charge >= 0.3 is 0 Å². The summed E-state index contributed by atoms with van der Waals surface area (Å²) in [6.07, 6.45) is 1.10. The molecule has 216 valence electrons. The van der Waals surface area contributed by atoms with Gasteiger partial charge in [-0.05, 0) is 42.2 Å². The van der Waals surface area contributed by atoms with Gasteiger partial charge in [-0.2, -0.15) is 0 Å². The second kappa shape index (κ2) is 13.0. The first kappa shape index (κ1) is 30.4. The van der Waals surface area contributed by atoms with Gasteiger partial charge < -0.3 is 19.9 Å². The second-order valence-electron chi connectivity index (χ2n) is 11.0. The maximum Gasteiger partial charge on any atom is 0.255 e. The average Bonchev–Trinajstić information content (AvgIpc) is 3.24. The molecule has 0 aliphatic heterocycles. The van der Waals surface area contributed by atoms with Crippen LogP contribution >= 0.6 is 23.2 Å². The van der Waals surface area contributed by atoms with Gasteiger partial charge in [-0.25, -0.2) is 4.98 Å². The van der Waals surface area contributed by atoms with Gasteiger partial charge in [-0.1, -0.05) is 80.4 Å². The van der Waals surface area contributed by atoms with Crippen molar-refractivity contribution in [2.45, 2.75) is 47.1 Å². The SMILES string of the molecule is CCOc1cc2c(cc1C(=O)NCCc1ccccc1)nc(Cc1c(Cl)ccc(CNC(=O)C(C)(C)C)c1Cl)n2C. The topological polar surface area (TPSA) is 85.2 Å². The highest BCUT2D eigenvalue weighted by Crippen LogP contribution is 2.32. The molecule has 0 radical (unpaired) electrons. The Balaban J connectivity index is 1.59. The molecule has 1 heterocycles. The molecule has 0 spiro atoms. The number of ether oxygens (including phenoxy) is 1. The smallest absolute Gasteiger partial charge is 0.255 e. The van der Waals surface area contributed by atoms with Crippen LogP contribution in [0.1, 0.15) is 60.6 Å². The van der Waals surface area contributed by atoms with E-state index in [1.54, 1.807) is 12.1 Å². The zero-order valence-corrected chi connectivity index (χ0v) is 25.6. The summed E-state index contributed by atoms with van der Waals surface area (Å²) in [5.41, 5.74) is 4.07. The zero-order valence-electron chi connectivity index (χ0n) is 24.1. The highest BCUT2D eigenvalue weighted by molar-refractivity contribution is 6.36. The van der Waals surface area contributed by atoms with E-state index in [1.165, 1.54) is 0 Å². The van der Waals surface area contributed by atoms with E-state index >= 15 is 0 Å².